The molecule has 1 nitrogen and oxygen atoms in total. The van der Waals surface area contributed by atoms with Gasteiger partial charge < -0.3 is 4.52 Å². The Bertz CT molecular complexity index is 308. The van der Waals surface area contributed by atoms with E-state index in [1.165, 1.54) is 5.56 Å². The van der Waals surface area contributed by atoms with Gasteiger partial charge in [-0.25, -0.2) is 0 Å². The normalized spacial score (nSPS) is 13.7. The zero-order valence-corrected chi connectivity index (χ0v) is 12.2. The molecule has 1 atom stereocenters. The molecule has 0 amide bonds. The molecule has 1 aromatic rings. The van der Waals surface area contributed by atoms with Crippen LogP contribution < -0.4 is 4.52 Å². The Labute approximate surface area is 102 Å². The summed E-state index contributed by atoms with van der Waals surface area (Å²) in [5.41, 5.74) is 1.26. The minimum absolute atomic E-state index is 0.209. The summed E-state index contributed by atoms with van der Waals surface area (Å²) in [5, 5.41) is 0.209. The van der Waals surface area contributed by atoms with Crippen molar-refractivity contribution in [1.29, 1.82) is 0 Å². The number of rotatable bonds is 4. The van der Waals surface area contributed by atoms with Crippen LogP contribution in [0.15, 0.2) is 24.3 Å². The second-order valence-corrected chi connectivity index (χ2v) is 8.13. The summed E-state index contributed by atoms with van der Waals surface area (Å²) >= 11 is 3.66. The average molecular weight is 289 g/mol. The van der Waals surface area contributed by atoms with Gasteiger partial charge in [0.2, 0.25) is 0 Å². The summed E-state index contributed by atoms with van der Waals surface area (Å²) in [4.78, 5) is 0. The molecule has 0 saturated carbocycles. The van der Waals surface area contributed by atoms with Gasteiger partial charge in [-0.2, -0.15) is 0 Å². The van der Waals surface area contributed by atoms with Gasteiger partial charge in [0.1, 0.15) is 5.75 Å². The van der Waals surface area contributed by atoms with Gasteiger partial charge in [0.25, 0.3) is 0 Å². The highest BCUT2D eigenvalue weighted by Gasteiger charge is 2.28. The lowest BCUT2D eigenvalue weighted by Gasteiger charge is -2.28. The highest BCUT2D eigenvalue weighted by Crippen LogP contribution is 2.58. The van der Waals surface area contributed by atoms with Crippen molar-refractivity contribution in [2.75, 3.05) is 0 Å². The first-order valence-electron chi connectivity index (χ1n) is 5.16. The Kier molecular flexibility index (Phi) is 4.61. The quantitative estimate of drug-likeness (QED) is 0.686. The van der Waals surface area contributed by atoms with Gasteiger partial charge in [0, 0.05) is 5.16 Å². The molecular formula is C12H18BrOP. The highest BCUT2D eigenvalue weighted by atomic mass is 79.9. The van der Waals surface area contributed by atoms with Gasteiger partial charge in [-0.1, -0.05) is 38.5 Å². The number of hydrogen-bond acceptors (Lipinski definition) is 1. The molecule has 0 N–H and O–H groups in total. The Hall–Kier alpha value is -0.0700. The number of halogens is 1. The fraction of sp³-hybridized carbons (Fsp3) is 0.500. The van der Waals surface area contributed by atoms with Crippen molar-refractivity contribution in [3.63, 3.8) is 0 Å². The van der Waals surface area contributed by atoms with E-state index >= 15 is 0 Å². The first-order valence-corrected chi connectivity index (χ1v) is 8.44. The van der Waals surface area contributed by atoms with Crippen molar-refractivity contribution in [2.24, 2.45) is 0 Å². The number of aryl methyl sites for hydroxylation is 1. The van der Waals surface area contributed by atoms with Gasteiger partial charge in [-0.3, -0.25) is 0 Å². The summed E-state index contributed by atoms with van der Waals surface area (Å²) in [6.07, 6.45) is 1.11. The third-order valence-electron chi connectivity index (χ3n) is 2.55. The maximum Gasteiger partial charge on any atom is 0.162 e. The minimum Gasteiger partial charge on any atom is -0.462 e. The maximum atomic E-state index is 5.91. The first kappa shape index (κ1) is 13.0. The van der Waals surface area contributed by atoms with Crippen LogP contribution in [-0.4, -0.2) is 5.16 Å². The van der Waals surface area contributed by atoms with Crippen molar-refractivity contribution in [2.45, 2.75) is 39.3 Å². The predicted octanol–water partition coefficient (Wildman–Crippen LogP) is 5.27. The van der Waals surface area contributed by atoms with E-state index in [9.17, 15) is 0 Å². The molecule has 0 aliphatic rings. The summed E-state index contributed by atoms with van der Waals surface area (Å²) in [6, 6.07) is 8.20. The van der Waals surface area contributed by atoms with E-state index < -0.39 is 6.85 Å². The van der Waals surface area contributed by atoms with Crippen LogP contribution in [0.25, 0.3) is 0 Å². The van der Waals surface area contributed by atoms with Gasteiger partial charge in [-0.05, 0) is 41.0 Å². The summed E-state index contributed by atoms with van der Waals surface area (Å²) in [6.45, 7) is 8.12. The lowest BCUT2D eigenvalue weighted by molar-refractivity contribution is 0.565. The van der Waals surface area contributed by atoms with E-state index in [1.54, 1.807) is 0 Å². The molecule has 1 unspecified atom stereocenters. The van der Waals surface area contributed by atoms with Crippen molar-refractivity contribution >= 4 is 22.3 Å². The molecule has 1 aromatic carbocycles. The fourth-order valence-corrected chi connectivity index (χ4v) is 3.00. The van der Waals surface area contributed by atoms with Gasteiger partial charge in [-0.15, -0.1) is 0 Å². The Morgan fingerprint density at radius 3 is 2.27 bits per heavy atom. The smallest absolute Gasteiger partial charge is 0.162 e. The van der Waals surface area contributed by atoms with Crippen molar-refractivity contribution < 1.29 is 4.52 Å². The van der Waals surface area contributed by atoms with Crippen LogP contribution in [0.2, 0.25) is 0 Å². The van der Waals surface area contributed by atoms with Crippen LogP contribution in [0, 0.1) is 6.92 Å². The fourth-order valence-electron chi connectivity index (χ4n) is 0.940. The Morgan fingerprint density at radius 1 is 1.27 bits per heavy atom. The summed E-state index contributed by atoms with van der Waals surface area (Å²) in [7, 11) is 0. The Balaban J connectivity index is 2.66. The van der Waals surface area contributed by atoms with Crippen LogP contribution in [0.3, 0.4) is 0 Å². The summed E-state index contributed by atoms with van der Waals surface area (Å²) < 4.78 is 5.91. The van der Waals surface area contributed by atoms with Crippen LogP contribution >= 0.6 is 22.3 Å². The van der Waals surface area contributed by atoms with Crippen LogP contribution in [0.5, 0.6) is 5.75 Å². The van der Waals surface area contributed by atoms with E-state index in [2.05, 4.69) is 55.3 Å². The lowest BCUT2D eigenvalue weighted by atomic mass is 10.1. The van der Waals surface area contributed by atoms with Gasteiger partial charge in [0.15, 0.2) is 6.85 Å². The second kappa shape index (κ2) is 5.32. The molecule has 0 saturated heterocycles. The third kappa shape index (κ3) is 3.77. The Morgan fingerprint density at radius 2 is 1.80 bits per heavy atom. The molecule has 0 bridgehead atoms. The first-order chi connectivity index (χ1) is 6.95. The molecule has 1 rings (SSSR count). The molecule has 0 aliphatic heterocycles. The summed E-state index contributed by atoms with van der Waals surface area (Å²) in [5.74, 6) is 0.949. The number of hydrogen-bond donors (Lipinski definition) is 0. The molecular weight excluding hydrogens is 271 g/mol. The molecule has 15 heavy (non-hydrogen) atoms. The van der Waals surface area contributed by atoms with E-state index in [0.717, 1.165) is 12.2 Å². The molecule has 84 valence electrons. The highest BCUT2D eigenvalue weighted by molar-refractivity contribution is 9.39. The van der Waals surface area contributed by atoms with Crippen molar-refractivity contribution in [1.82, 2.24) is 0 Å². The average Bonchev–Trinajstić information content (AvgIpc) is 2.21. The zero-order chi connectivity index (χ0) is 11.5. The third-order valence-corrected chi connectivity index (χ3v) is 7.50. The number of benzene rings is 1. The molecule has 0 fully saturated rings. The van der Waals surface area contributed by atoms with E-state index in [4.69, 9.17) is 4.52 Å². The SMILES string of the molecule is CCC(C)(C)P(Br)Oc1ccc(C)cc1. The van der Waals surface area contributed by atoms with E-state index in [0.29, 0.717) is 0 Å². The van der Waals surface area contributed by atoms with Gasteiger partial charge in [0.05, 0.1) is 0 Å². The van der Waals surface area contributed by atoms with Gasteiger partial charge >= 0.3 is 0 Å². The monoisotopic (exact) mass is 288 g/mol. The molecule has 0 aromatic heterocycles. The molecule has 0 heterocycles. The second-order valence-electron chi connectivity index (χ2n) is 4.32. The molecule has 3 heteroatoms. The van der Waals surface area contributed by atoms with Crippen molar-refractivity contribution in [3.05, 3.63) is 29.8 Å². The zero-order valence-electron chi connectivity index (χ0n) is 9.75. The minimum atomic E-state index is -0.597. The van der Waals surface area contributed by atoms with Crippen LogP contribution in [0.4, 0.5) is 0 Å². The van der Waals surface area contributed by atoms with Crippen LogP contribution in [-0.2, 0) is 0 Å². The van der Waals surface area contributed by atoms with Crippen molar-refractivity contribution in [3.8, 4) is 5.75 Å². The maximum absolute atomic E-state index is 5.91. The van der Waals surface area contributed by atoms with E-state index in [1.807, 2.05) is 12.1 Å². The lowest BCUT2D eigenvalue weighted by Crippen LogP contribution is -2.15. The largest absolute Gasteiger partial charge is 0.462 e. The topological polar surface area (TPSA) is 9.23 Å². The molecule has 0 aliphatic carbocycles. The molecule has 0 radical (unpaired) electrons. The molecule has 0 spiro atoms. The predicted molar refractivity (Wildman–Crippen MR) is 72.0 cm³/mol. The van der Waals surface area contributed by atoms with Crippen LogP contribution in [0.1, 0.15) is 32.8 Å². The van der Waals surface area contributed by atoms with E-state index in [-0.39, 0.29) is 5.16 Å². The standard InChI is InChI=1S/C12H18BrOP/c1-5-12(3,4)15(13)14-11-8-6-10(2)7-9-11/h6-9H,5H2,1-4H3.